The first-order valence-corrected chi connectivity index (χ1v) is 6.29. The van der Waals surface area contributed by atoms with E-state index >= 15 is 0 Å². The van der Waals surface area contributed by atoms with Gasteiger partial charge in [0.2, 0.25) is 0 Å². The van der Waals surface area contributed by atoms with Crippen LogP contribution in [-0.2, 0) is 5.88 Å². The zero-order valence-electron chi connectivity index (χ0n) is 7.78. The van der Waals surface area contributed by atoms with Gasteiger partial charge >= 0.3 is 0 Å². The maximum atomic E-state index is 5.84. The topological polar surface area (TPSA) is 35.0 Å². The van der Waals surface area contributed by atoms with Crippen LogP contribution < -0.4 is 4.74 Å². The molecule has 2 aromatic heterocycles. The summed E-state index contributed by atoms with van der Waals surface area (Å²) in [6.45, 7) is 0. The van der Waals surface area contributed by atoms with Crippen LogP contribution in [0.3, 0.4) is 0 Å². The highest BCUT2D eigenvalue weighted by molar-refractivity contribution is 7.14. The van der Waals surface area contributed by atoms with Crippen LogP contribution in [0.15, 0.2) is 18.5 Å². The fourth-order valence-corrected chi connectivity index (χ4v) is 2.49. The third-order valence-electron chi connectivity index (χ3n) is 1.64. The van der Waals surface area contributed by atoms with Crippen molar-refractivity contribution in [1.82, 2.24) is 9.97 Å². The Labute approximate surface area is 111 Å². The van der Waals surface area contributed by atoms with Gasteiger partial charge in [-0.2, -0.15) is 4.98 Å². The van der Waals surface area contributed by atoms with Crippen molar-refractivity contribution in [1.29, 1.82) is 0 Å². The van der Waals surface area contributed by atoms with E-state index in [4.69, 9.17) is 39.5 Å². The second kappa shape index (κ2) is 5.19. The lowest BCUT2D eigenvalue weighted by molar-refractivity contribution is 0.476. The van der Waals surface area contributed by atoms with Crippen LogP contribution >= 0.6 is 46.1 Å². The molecule has 0 bridgehead atoms. The zero-order chi connectivity index (χ0) is 11.5. The molecule has 0 fully saturated rings. The second-order valence-electron chi connectivity index (χ2n) is 2.77. The molecule has 84 valence electrons. The summed E-state index contributed by atoms with van der Waals surface area (Å²) in [4.78, 5) is 8.68. The second-order valence-corrected chi connectivity index (χ2v) is 4.88. The highest BCUT2D eigenvalue weighted by atomic mass is 35.5. The van der Waals surface area contributed by atoms with Crippen LogP contribution in [0, 0.1) is 0 Å². The average molecular weight is 296 g/mol. The van der Waals surface area contributed by atoms with Crippen molar-refractivity contribution in [3.63, 3.8) is 0 Å². The predicted octanol–water partition coefficient (Wildman–Crippen LogP) is 4.38. The minimum Gasteiger partial charge on any atom is -0.429 e. The third kappa shape index (κ3) is 2.77. The summed E-state index contributed by atoms with van der Waals surface area (Å²) in [5, 5.41) is 1.28. The van der Waals surface area contributed by atoms with E-state index in [-0.39, 0.29) is 0 Å². The van der Waals surface area contributed by atoms with Gasteiger partial charge < -0.3 is 4.74 Å². The van der Waals surface area contributed by atoms with Crippen molar-refractivity contribution >= 4 is 46.1 Å². The number of alkyl halides is 1. The molecule has 0 saturated heterocycles. The normalized spacial score (nSPS) is 10.4. The van der Waals surface area contributed by atoms with Crippen molar-refractivity contribution in [2.75, 3.05) is 0 Å². The van der Waals surface area contributed by atoms with Crippen molar-refractivity contribution in [2.24, 2.45) is 0 Å². The van der Waals surface area contributed by atoms with E-state index < -0.39 is 0 Å². The van der Waals surface area contributed by atoms with Gasteiger partial charge in [0.25, 0.3) is 5.19 Å². The van der Waals surface area contributed by atoms with Crippen LogP contribution in [0.1, 0.15) is 4.88 Å². The van der Waals surface area contributed by atoms with E-state index in [9.17, 15) is 0 Å². The van der Waals surface area contributed by atoms with E-state index in [0.717, 1.165) is 4.88 Å². The quantitative estimate of drug-likeness (QED) is 0.788. The Balaban J connectivity index is 2.20. The van der Waals surface area contributed by atoms with Gasteiger partial charge in [0.15, 0.2) is 0 Å². The number of halogens is 3. The molecule has 2 aromatic rings. The lowest BCUT2D eigenvalue weighted by Crippen LogP contribution is -1.83. The number of thiazole rings is 1. The molecular formula is C9H5Cl3N2OS. The van der Waals surface area contributed by atoms with Crippen LogP contribution in [0.4, 0.5) is 0 Å². The van der Waals surface area contributed by atoms with E-state index in [1.54, 1.807) is 12.3 Å². The summed E-state index contributed by atoms with van der Waals surface area (Å²) in [6, 6.07) is 1.64. The van der Waals surface area contributed by atoms with Gasteiger partial charge in [0.05, 0.1) is 22.0 Å². The first-order chi connectivity index (χ1) is 7.69. The van der Waals surface area contributed by atoms with Gasteiger partial charge in [-0.25, -0.2) is 0 Å². The van der Waals surface area contributed by atoms with Crippen molar-refractivity contribution in [3.8, 4) is 10.9 Å². The van der Waals surface area contributed by atoms with Gasteiger partial charge in [0, 0.05) is 12.3 Å². The van der Waals surface area contributed by atoms with Crippen molar-refractivity contribution < 1.29 is 4.74 Å². The number of hydrogen-bond acceptors (Lipinski definition) is 4. The Bertz CT molecular complexity index is 503. The van der Waals surface area contributed by atoms with E-state index in [1.165, 1.54) is 17.5 Å². The summed E-state index contributed by atoms with van der Waals surface area (Å²) in [5.74, 6) is 0.826. The molecule has 7 heteroatoms. The minimum absolute atomic E-state index is 0.313. The largest absolute Gasteiger partial charge is 0.429 e. The fourth-order valence-electron chi connectivity index (χ4n) is 0.988. The van der Waals surface area contributed by atoms with E-state index in [2.05, 4.69) is 9.97 Å². The van der Waals surface area contributed by atoms with Gasteiger partial charge in [-0.15, -0.1) is 11.6 Å². The maximum Gasteiger partial charge on any atom is 0.280 e. The molecule has 2 rings (SSSR count). The van der Waals surface area contributed by atoms with E-state index in [0.29, 0.717) is 27.0 Å². The molecule has 0 spiro atoms. The van der Waals surface area contributed by atoms with Crippen LogP contribution in [-0.4, -0.2) is 9.97 Å². The summed E-state index contributed by atoms with van der Waals surface area (Å²) in [7, 11) is 0. The summed E-state index contributed by atoms with van der Waals surface area (Å²) >= 11 is 18.6. The Kier molecular flexibility index (Phi) is 3.86. The molecular weight excluding hydrogens is 291 g/mol. The van der Waals surface area contributed by atoms with Crippen LogP contribution in [0.2, 0.25) is 10.2 Å². The smallest absolute Gasteiger partial charge is 0.280 e. The molecule has 0 aliphatic carbocycles. The first kappa shape index (κ1) is 11.9. The van der Waals surface area contributed by atoms with Crippen LogP contribution in [0.25, 0.3) is 0 Å². The maximum absolute atomic E-state index is 5.84. The summed E-state index contributed by atoms with van der Waals surface area (Å²) < 4.78 is 5.44. The molecule has 16 heavy (non-hydrogen) atoms. The molecule has 0 aliphatic heterocycles. The van der Waals surface area contributed by atoms with Gasteiger partial charge in [0.1, 0.15) is 10.9 Å². The van der Waals surface area contributed by atoms with Crippen molar-refractivity contribution in [3.05, 3.63) is 33.5 Å². The Hall–Kier alpha value is -0.550. The predicted molar refractivity (Wildman–Crippen MR) is 66.0 cm³/mol. The molecule has 0 aliphatic rings. The zero-order valence-corrected chi connectivity index (χ0v) is 10.9. The number of rotatable bonds is 3. The van der Waals surface area contributed by atoms with Gasteiger partial charge in [-0.1, -0.05) is 34.5 Å². The lowest BCUT2D eigenvalue weighted by Gasteiger charge is -1.99. The molecule has 0 atom stereocenters. The minimum atomic E-state index is 0.313. The molecule has 0 saturated carbocycles. The molecule has 0 unspecified atom stereocenters. The molecule has 2 heterocycles. The molecule has 0 radical (unpaired) electrons. The number of nitrogens with zero attached hydrogens (tertiary/aromatic N) is 2. The standard InChI is InChI=1S/C9H5Cl3N2OS/c10-2-7-8(12)14-9(16-7)15-6-1-5(11)3-13-4-6/h1,3-4H,2H2. The third-order valence-corrected chi connectivity index (χ3v) is 3.63. The lowest BCUT2D eigenvalue weighted by atomic mass is 10.5. The van der Waals surface area contributed by atoms with Crippen LogP contribution in [0.5, 0.6) is 10.9 Å². The fraction of sp³-hybridized carbons (Fsp3) is 0.111. The Morgan fingerprint density at radius 1 is 1.31 bits per heavy atom. The number of hydrogen-bond donors (Lipinski definition) is 0. The van der Waals surface area contributed by atoms with Gasteiger partial charge in [-0.3, -0.25) is 4.98 Å². The SMILES string of the molecule is ClCc1sc(Oc2cncc(Cl)c2)nc1Cl. The Morgan fingerprint density at radius 2 is 2.12 bits per heavy atom. The summed E-state index contributed by atoms with van der Waals surface area (Å²) in [5.41, 5.74) is 0. The number of ether oxygens (including phenoxy) is 1. The van der Waals surface area contributed by atoms with Crippen molar-refractivity contribution in [2.45, 2.75) is 5.88 Å². The van der Waals surface area contributed by atoms with Gasteiger partial charge in [-0.05, 0) is 0 Å². The molecule has 3 nitrogen and oxygen atoms in total. The molecule has 0 aromatic carbocycles. The Morgan fingerprint density at radius 3 is 2.75 bits per heavy atom. The highest BCUT2D eigenvalue weighted by Gasteiger charge is 2.10. The summed E-state index contributed by atoms with van der Waals surface area (Å²) in [6.07, 6.45) is 3.06. The molecule has 0 amide bonds. The number of pyridine rings is 1. The average Bonchev–Trinajstić information content (AvgIpc) is 2.58. The number of aromatic nitrogens is 2. The molecule has 0 N–H and O–H groups in total. The monoisotopic (exact) mass is 294 g/mol. The first-order valence-electron chi connectivity index (χ1n) is 4.18. The van der Waals surface area contributed by atoms with E-state index in [1.807, 2.05) is 0 Å². The highest BCUT2D eigenvalue weighted by Crippen LogP contribution is 2.33.